The van der Waals surface area contributed by atoms with Gasteiger partial charge in [-0.15, -0.1) is 0 Å². The van der Waals surface area contributed by atoms with E-state index in [1.165, 1.54) is 32.1 Å². The van der Waals surface area contributed by atoms with Crippen LogP contribution in [0.2, 0.25) is 0 Å². The summed E-state index contributed by atoms with van der Waals surface area (Å²) in [4.78, 5) is 0. The van der Waals surface area contributed by atoms with Crippen molar-refractivity contribution >= 4 is 0 Å². The van der Waals surface area contributed by atoms with Crippen molar-refractivity contribution in [1.29, 1.82) is 0 Å². The molecule has 1 fully saturated rings. The molecule has 3 nitrogen and oxygen atoms in total. The average molecular weight is 249 g/mol. The third-order valence-corrected chi connectivity index (χ3v) is 3.59. The molecule has 0 aliphatic heterocycles. The molecular weight excluding hydrogens is 226 g/mol. The fourth-order valence-electron chi connectivity index (χ4n) is 2.55. The number of benzene rings is 1. The molecule has 0 amide bonds. The summed E-state index contributed by atoms with van der Waals surface area (Å²) in [6, 6.07) is 8.00. The summed E-state index contributed by atoms with van der Waals surface area (Å²) in [5.74, 6) is 0.859. The Balaban J connectivity index is 2.02. The van der Waals surface area contributed by atoms with Crippen LogP contribution in [-0.2, 0) is 4.74 Å². The standard InChI is InChI=1S/C15H23NO2/c1-17-14-9-5-6-12(10-14)15(11-16)18-13-7-3-2-4-8-13/h5-6,9-10,13,15H,2-4,7-8,11,16H2,1H3. The molecule has 1 aromatic carbocycles. The molecule has 1 aliphatic rings. The van der Waals surface area contributed by atoms with Gasteiger partial charge in [0.25, 0.3) is 0 Å². The van der Waals surface area contributed by atoms with E-state index in [4.69, 9.17) is 15.2 Å². The van der Waals surface area contributed by atoms with Crippen LogP contribution in [0.4, 0.5) is 0 Å². The average Bonchev–Trinajstić information content (AvgIpc) is 2.46. The smallest absolute Gasteiger partial charge is 0.119 e. The second-order valence-corrected chi connectivity index (χ2v) is 4.90. The van der Waals surface area contributed by atoms with Crippen molar-refractivity contribution in [2.45, 2.75) is 44.3 Å². The molecule has 0 heterocycles. The summed E-state index contributed by atoms with van der Waals surface area (Å²) in [5, 5.41) is 0. The van der Waals surface area contributed by atoms with Crippen molar-refractivity contribution in [1.82, 2.24) is 0 Å². The molecule has 1 aromatic rings. The number of hydrogen-bond donors (Lipinski definition) is 1. The van der Waals surface area contributed by atoms with Crippen LogP contribution in [0.5, 0.6) is 5.75 Å². The molecule has 0 radical (unpaired) electrons. The van der Waals surface area contributed by atoms with Gasteiger partial charge in [0.15, 0.2) is 0 Å². The minimum absolute atomic E-state index is 0.0109. The van der Waals surface area contributed by atoms with Gasteiger partial charge >= 0.3 is 0 Å². The van der Waals surface area contributed by atoms with Crippen LogP contribution >= 0.6 is 0 Å². The molecule has 1 saturated carbocycles. The Morgan fingerprint density at radius 1 is 1.28 bits per heavy atom. The van der Waals surface area contributed by atoms with E-state index in [1.54, 1.807) is 7.11 Å². The summed E-state index contributed by atoms with van der Waals surface area (Å²) in [7, 11) is 1.68. The Kier molecular flexibility index (Phi) is 5.02. The van der Waals surface area contributed by atoms with Gasteiger partial charge in [-0.05, 0) is 30.5 Å². The number of nitrogens with two attached hydrogens (primary N) is 1. The summed E-state index contributed by atoms with van der Waals surface area (Å²) in [5.41, 5.74) is 6.96. The normalized spacial score (nSPS) is 18.6. The predicted octanol–water partition coefficient (Wildman–Crippen LogP) is 3.04. The lowest BCUT2D eigenvalue weighted by Gasteiger charge is -2.27. The number of hydrogen-bond acceptors (Lipinski definition) is 3. The lowest BCUT2D eigenvalue weighted by atomic mass is 9.97. The van der Waals surface area contributed by atoms with E-state index >= 15 is 0 Å². The van der Waals surface area contributed by atoms with Crippen molar-refractivity contribution in [3.05, 3.63) is 29.8 Å². The topological polar surface area (TPSA) is 44.5 Å². The second-order valence-electron chi connectivity index (χ2n) is 4.90. The van der Waals surface area contributed by atoms with Crippen LogP contribution in [0.1, 0.15) is 43.8 Å². The molecule has 0 saturated heterocycles. The molecule has 18 heavy (non-hydrogen) atoms. The Bertz CT molecular complexity index is 361. The van der Waals surface area contributed by atoms with Gasteiger partial charge < -0.3 is 15.2 Å². The minimum atomic E-state index is -0.0109. The van der Waals surface area contributed by atoms with Gasteiger partial charge in [0, 0.05) is 6.54 Å². The van der Waals surface area contributed by atoms with Crippen LogP contribution < -0.4 is 10.5 Å². The molecule has 2 N–H and O–H groups in total. The molecular formula is C15H23NO2. The van der Waals surface area contributed by atoms with Crippen LogP contribution in [0, 0.1) is 0 Å². The van der Waals surface area contributed by atoms with Gasteiger partial charge in [-0.1, -0.05) is 31.4 Å². The Hall–Kier alpha value is -1.06. The molecule has 1 unspecified atom stereocenters. The lowest BCUT2D eigenvalue weighted by Crippen LogP contribution is -2.24. The Morgan fingerprint density at radius 3 is 2.72 bits per heavy atom. The van der Waals surface area contributed by atoms with Crippen molar-refractivity contribution < 1.29 is 9.47 Å². The third kappa shape index (κ3) is 3.47. The van der Waals surface area contributed by atoms with Gasteiger partial charge in [-0.3, -0.25) is 0 Å². The van der Waals surface area contributed by atoms with Crippen LogP contribution in [0.25, 0.3) is 0 Å². The summed E-state index contributed by atoms with van der Waals surface area (Å²) < 4.78 is 11.4. The molecule has 0 bridgehead atoms. The van der Waals surface area contributed by atoms with Crippen molar-refractivity contribution in [3.63, 3.8) is 0 Å². The Morgan fingerprint density at radius 2 is 2.06 bits per heavy atom. The third-order valence-electron chi connectivity index (χ3n) is 3.59. The highest BCUT2D eigenvalue weighted by atomic mass is 16.5. The van der Waals surface area contributed by atoms with E-state index in [-0.39, 0.29) is 6.10 Å². The maximum absolute atomic E-state index is 6.15. The molecule has 100 valence electrons. The lowest BCUT2D eigenvalue weighted by molar-refractivity contribution is -0.0269. The molecule has 2 rings (SSSR count). The fourth-order valence-corrected chi connectivity index (χ4v) is 2.55. The number of rotatable bonds is 5. The van der Waals surface area contributed by atoms with Gasteiger partial charge in [-0.2, -0.15) is 0 Å². The van der Waals surface area contributed by atoms with Crippen molar-refractivity contribution in [2.24, 2.45) is 5.73 Å². The highest BCUT2D eigenvalue weighted by Gasteiger charge is 2.19. The molecule has 1 aliphatic carbocycles. The van der Waals surface area contributed by atoms with Gasteiger partial charge in [0.05, 0.1) is 19.3 Å². The summed E-state index contributed by atoms with van der Waals surface area (Å²) in [6.45, 7) is 0.518. The van der Waals surface area contributed by atoms with Crippen molar-refractivity contribution in [2.75, 3.05) is 13.7 Å². The van der Waals surface area contributed by atoms with E-state index in [9.17, 15) is 0 Å². The van der Waals surface area contributed by atoms with Gasteiger partial charge in [-0.25, -0.2) is 0 Å². The molecule has 0 spiro atoms. The zero-order valence-electron chi connectivity index (χ0n) is 11.1. The van der Waals surface area contributed by atoms with E-state index in [0.29, 0.717) is 12.6 Å². The first-order valence-electron chi connectivity index (χ1n) is 6.83. The van der Waals surface area contributed by atoms with Gasteiger partial charge in [0.2, 0.25) is 0 Å². The molecule has 3 heteroatoms. The first-order chi connectivity index (χ1) is 8.83. The van der Waals surface area contributed by atoms with E-state index in [0.717, 1.165) is 11.3 Å². The zero-order valence-corrected chi connectivity index (χ0v) is 11.1. The van der Waals surface area contributed by atoms with Crippen LogP contribution in [0.15, 0.2) is 24.3 Å². The SMILES string of the molecule is COc1cccc(C(CN)OC2CCCCC2)c1. The van der Waals surface area contributed by atoms with E-state index in [1.807, 2.05) is 18.2 Å². The second kappa shape index (κ2) is 6.76. The maximum Gasteiger partial charge on any atom is 0.119 e. The van der Waals surface area contributed by atoms with E-state index in [2.05, 4.69) is 6.07 Å². The largest absolute Gasteiger partial charge is 0.497 e. The highest BCUT2D eigenvalue weighted by molar-refractivity contribution is 5.30. The molecule has 1 atom stereocenters. The maximum atomic E-state index is 6.15. The predicted molar refractivity (Wildman–Crippen MR) is 72.7 cm³/mol. The van der Waals surface area contributed by atoms with Crippen LogP contribution in [-0.4, -0.2) is 19.8 Å². The Labute approximate surface area is 109 Å². The minimum Gasteiger partial charge on any atom is -0.497 e. The highest BCUT2D eigenvalue weighted by Crippen LogP contribution is 2.27. The number of ether oxygens (including phenoxy) is 2. The van der Waals surface area contributed by atoms with Crippen molar-refractivity contribution in [3.8, 4) is 5.75 Å². The first-order valence-corrected chi connectivity index (χ1v) is 6.83. The summed E-state index contributed by atoms with van der Waals surface area (Å²) >= 11 is 0. The fraction of sp³-hybridized carbons (Fsp3) is 0.600. The zero-order chi connectivity index (χ0) is 12.8. The quantitative estimate of drug-likeness (QED) is 0.872. The number of methoxy groups -OCH3 is 1. The summed E-state index contributed by atoms with van der Waals surface area (Å²) in [6.07, 6.45) is 6.59. The monoisotopic (exact) mass is 249 g/mol. The molecule has 0 aromatic heterocycles. The van der Waals surface area contributed by atoms with E-state index < -0.39 is 0 Å². The first kappa shape index (κ1) is 13.4. The van der Waals surface area contributed by atoms with Gasteiger partial charge in [0.1, 0.15) is 5.75 Å². The van der Waals surface area contributed by atoms with Crippen LogP contribution in [0.3, 0.4) is 0 Å².